The first kappa shape index (κ1) is 21.8. The topological polar surface area (TPSA) is 75.7 Å². The summed E-state index contributed by atoms with van der Waals surface area (Å²) in [4.78, 5) is 12.9. The number of rotatable bonds is 8. The molecule has 1 N–H and O–H groups in total. The number of anilines is 1. The van der Waals surface area contributed by atoms with E-state index >= 15 is 0 Å². The summed E-state index contributed by atoms with van der Waals surface area (Å²) in [5, 5.41) is 2.98. The average Bonchev–Trinajstić information content (AvgIpc) is 2.66. The Morgan fingerprint density at radius 3 is 2.14 bits per heavy atom. The lowest BCUT2D eigenvalue weighted by molar-refractivity contribution is -0.122. The molecule has 6 nitrogen and oxygen atoms in total. The fourth-order valence-electron chi connectivity index (χ4n) is 3.05. The fourth-order valence-corrected chi connectivity index (χ4v) is 4.22. The third kappa shape index (κ3) is 5.25. The van der Waals surface area contributed by atoms with Crippen LogP contribution in [0.4, 0.5) is 5.69 Å². The highest BCUT2D eigenvalue weighted by Gasteiger charge is 2.30. The molecule has 0 unspecified atom stereocenters. The summed E-state index contributed by atoms with van der Waals surface area (Å²) < 4.78 is 31.1. The number of methoxy groups -OCH3 is 1. The van der Waals surface area contributed by atoms with E-state index in [-0.39, 0.29) is 11.9 Å². The summed E-state index contributed by atoms with van der Waals surface area (Å²) >= 11 is 0. The van der Waals surface area contributed by atoms with Crippen LogP contribution in [0.15, 0.2) is 48.5 Å². The number of hydrogen-bond donors (Lipinski definition) is 1. The fraction of sp³-hybridized carbons (Fsp3) is 0.381. The Morgan fingerprint density at radius 1 is 1.11 bits per heavy atom. The molecule has 0 spiro atoms. The molecule has 152 valence electrons. The van der Waals surface area contributed by atoms with E-state index in [0.29, 0.717) is 17.9 Å². The maximum Gasteiger partial charge on any atom is 0.244 e. The Balaban J connectivity index is 2.26. The second kappa shape index (κ2) is 9.10. The predicted molar refractivity (Wildman–Crippen MR) is 112 cm³/mol. The maximum atomic E-state index is 12.9. The predicted octanol–water partition coefficient (Wildman–Crippen LogP) is 3.43. The van der Waals surface area contributed by atoms with Gasteiger partial charge in [-0.05, 0) is 50.1 Å². The van der Waals surface area contributed by atoms with E-state index in [4.69, 9.17) is 4.74 Å². The van der Waals surface area contributed by atoms with Crippen LogP contribution in [0.1, 0.15) is 37.4 Å². The lowest BCUT2D eigenvalue weighted by Crippen LogP contribution is -2.48. The molecule has 2 rings (SSSR count). The van der Waals surface area contributed by atoms with Crippen LogP contribution >= 0.6 is 0 Å². The molecular weight excluding hydrogens is 376 g/mol. The molecule has 2 aromatic rings. The van der Waals surface area contributed by atoms with E-state index in [1.54, 1.807) is 31.2 Å². The molecule has 0 saturated heterocycles. The minimum atomic E-state index is -3.66. The minimum absolute atomic E-state index is 0.187. The van der Waals surface area contributed by atoms with E-state index in [1.165, 1.54) is 7.11 Å². The Hall–Kier alpha value is -2.54. The Bertz CT molecular complexity index is 893. The molecule has 7 heteroatoms. The van der Waals surface area contributed by atoms with Gasteiger partial charge >= 0.3 is 0 Å². The number of nitrogens with one attached hydrogen (secondary N) is 1. The van der Waals surface area contributed by atoms with Gasteiger partial charge in [-0.1, -0.05) is 36.8 Å². The van der Waals surface area contributed by atoms with Crippen molar-refractivity contribution in [2.75, 3.05) is 17.7 Å². The first-order chi connectivity index (χ1) is 13.2. The molecule has 0 aliphatic carbocycles. The Kier molecular flexibility index (Phi) is 7.07. The molecule has 0 radical (unpaired) electrons. The standard InChI is InChI=1S/C21H28N2O4S/c1-6-20(17-9-7-15(2)8-10-17)22-21(24)16(3)23(28(5,25)26)18-11-13-19(27-4)14-12-18/h7-14,16,20H,6H2,1-5H3,(H,22,24)/t16-,20+/m0/s1. The van der Waals surface area contributed by atoms with E-state index in [0.717, 1.165) is 21.7 Å². The number of sulfonamides is 1. The minimum Gasteiger partial charge on any atom is -0.497 e. The van der Waals surface area contributed by atoms with Gasteiger partial charge in [0.2, 0.25) is 15.9 Å². The molecule has 2 aromatic carbocycles. The van der Waals surface area contributed by atoms with Crippen LogP contribution in [0.25, 0.3) is 0 Å². The second-order valence-corrected chi connectivity index (χ2v) is 8.67. The van der Waals surface area contributed by atoms with Gasteiger partial charge in [-0.3, -0.25) is 9.10 Å². The van der Waals surface area contributed by atoms with Crippen molar-refractivity contribution in [1.29, 1.82) is 0 Å². The number of ether oxygens (including phenoxy) is 1. The van der Waals surface area contributed by atoms with Crippen LogP contribution < -0.4 is 14.4 Å². The Morgan fingerprint density at radius 2 is 1.68 bits per heavy atom. The second-order valence-electron chi connectivity index (χ2n) is 6.81. The summed E-state index contributed by atoms with van der Waals surface area (Å²) in [6, 6.07) is 13.4. The first-order valence-corrected chi connectivity index (χ1v) is 11.0. The molecule has 1 amide bonds. The van der Waals surface area contributed by atoms with Crippen molar-refractivity contribution in [2.24, 2.45) is 0 Å². The molecule has 2 atom stereocenters. The highest BCUT2D eigenvalue weighted by atomic mass is 32.2. The third-order valence-electron chi connectivity index (χ3n) is 4.62. The average molecular weight is 405 g/mol. The number of carbonyl (C=O) groups excluding carboxylic acids is 1. The van der Waals surface area contributed by atoms with Crippen LogP contribution in [-0.2, 0) is 14.8 Å². The maximum absolute atomic E-state index is 12.9. The summed E-state index contributed by atoms with van der Waals surface area (Å²) in [5.74, 6) is 0.258. The quantitative estimate of drug-likeness (QED) is 0.731. The van der Waals surface area contributed by atoms with Gasteiger partial charge in [-0.2, -0.15) is 0 Å². The molecule has 0 aliphatic heterocycles. The highest BCUT2D eigenvalue weighted by Crippen LogP contribution is 2.25. The first-order valence-electron chi connectivity index (χ1n) is 9.17. The van der Waals surface area contributed by atoms with Gasteiger partial charge in [0.1, 0.15) is 11.8 Å². The summed E-state index contributed by atoms with van der Waals surface area (Å²) in [7, 11) is -2.13. The number of hydrogen-bond acceptors (Lipinski definition) is 4. The molecule has 0 fully saturated rings. The van der Waals surface area contributed by atoms with Crippen LogP contribution in [-0.4, -0.2) is 33.7 Å². The molecule has 0 bridgehead atoms. The SMILES string of the molecule is CC[C@@H](NC(=O)[C@H](C)N(c1ccc(OC)cc1)S(C)(=O)=O)c1ccc(C)cc1. The van der Waals surface area contributed by atoms with Gasteiger partial charge in [0.25, 0.3) is 0 Å². The van der Waals surface area contributed by atoms with Crippen LogP contribution in [0.2, 0.25) is 0 Å². The van der Waals surface area contributed by atoms with E-state index in [2.05, 4.69) is 5.32 Å². The van der Waals surface area contributed by atoms with Crippen molar-refractivity contribution in [3.05, 3.63) is 59.7 Å². The molecule has 0 saturated carbocycles. The number of nitrogens with zero attached hydrogens (tertiary/aromatic N) is 1. The lowest BCUT2D eigenvalue weighted by Gasteiger charge is -2.30. The summed E-state index contributed by atoms with van der Waals surface area (Å²) in [5.41, 5.74) is 2.54. The van der Waals surface area contributed by atoms with Gasteiger partial charge in [-0.25, -0.2) is 8.42 Å². The normalized spacial score (nSPS) is 13.5. The lowest BCUT2D eigenvalue weighted by atomic mass is 10.0. The molecule has 0 aromatic heterocycles. The zero-order valence-corrected chi connectivity index (χ0v) is 17.8. The van der Waals surface area contributed by atoms with Crippen molar-refractivity contribution in [2.45, 2.75) is 39.3 Å². The molecule has 0 aliphatic rings. The van der Waals surface area contributed by atoms with Gasteiger partial charge in [-0.15, -0.1) is 0 Å². The molecule has 28 heavy (non-hydrogen) atoms. The van der Waals surface area contributed by atoms with Gasteiger partial charge < -0.3 is 10.1 Å². The molecule has 0 heterocycles. The van der Waals surface area contributed by atoms with Crippen LogP contribution in [0, 0.1) is 6.92 Å². The van der Waals surface area contributed by atoms with Crippen LogP contribution in [0.3, 0.4) is 0 Å². The van der Waals surface area contributed by atoms with E-state index < -0.39 is 16.1 Å². The van der Waals surface area contributed by atoms with Crippen molar-refractivity contribution in [1.82, 2.24) is 5.32 Å². The monoisotopic (exact) mass is 404 g/mol. The zero-order valence-electron chi connectivity index (χ0n) is 17.0. The smallest absolute Gasteiger partial charge is 0.244 e. The van der Waals surface area contributed by atoms with E-state index in [1.807, 2.05) is 38.1 Å². The van der Waals surface area contributed by atoms with E-state index in [9.17, 15) is 13.2 Å². The molecular formula is C21H28N2O4S. The van der Waals surface area contributed by atoms with Gasteiger partial charge in [0.05, 0.1) is 25.1 Å². The number of aryl methyl sites for hydroxylation is 1. The highest BCUT2D eigenvalue weighted by molar-refractivity contribution is 7.92. The Labute approximate surface area is 167 Å². The van der Waals surface area contributed by atoms with Crippen molar-refractivity contribution in [3.63, 3.8) is 0 Å². The van der Waals surface area contributed by atoms with Crippen molar-refractivity contribution < 1.29 is 17.9 Å². The van der Waals surface area contributed by atoms with Gasteiger partial charge in [0, 0.05) is 0 Å². The van der Waals surface area contributed by atoms with Crippen molar-refractivity contribution >= 4 is 21.6 Å². The summed E-state index contributed by atoms with van der Waals surface area (Å²) in [6.45, 7) is 5.57. The van der Waals surface area contributed by atoms with Gasteiger partial charge in [0.15, 0.2) is 0 Å². The summed E-state index contributed by atoms with van der Waals surface area (Å²) in [6.07, 6.45) is 1.79. The zero-order chi connectivity index (χ0) is 20.9. The van der Waals surface area contributed by atoms with Crippen LogP contribution in [0.5, 0.6) is 5.75 Å². The van der Waals surface area contributed by atoms with Crippen molar-refractivity contribution in [3.8, 4) is 5.75 Å². The third-order valence-corrected chi connectivity index (χ3v) is 5.86. The number of carbonyl (C=O) groups is 1. The number of amides is 1. The number of benzene rings is 2. The largest absolute Gasteiger partial charge is 0.497 e.